The standard InChI is InChI=1S/C13H15NO2/c1-3-12(15)11-6-4-10(5-7-11)9(2)8-13(14)16/h4-7H,2-3,8H2,1H3,(H2,14,16). The Bertz CT molecular complexity index is 418. The summed E-state index contributed by atoms with van der Waals surface area (Å²) in [5, 5.41) is 0. The predicted molar refractivity (Wildman–Crippen MR) is 63.9 cm³/mol. The van der Waals surface area contributed by atoms with Gasteiger partial charge in [0.2, 0.25) is 5.91 Å². The Morgan fingerprint density at radius 2 is 1.69 bits per heavy atom. The van der Waals surface area contributed by atoms with E-state index in [1.165, 1.54) is 0 Å². The molecule has 0 aliphatic carbocycles. The van der Waals surface area contributed by atoms with Crippen LogP contribution in [0.2, 0.25) is 0 Å². The molecule has 1 rings (SSSR count). The van der Waals surface area contributed by atoms with E-state index in [1.807, 2.05) is 6.92 Å². The molecule has 0 unspecified atom stereocenters. The monoisotopic (exact) mass is 217 g/mol. The fourth-order valence-corrected chi connectivity index (χ4v) is 1.41. The lowest BCUT2D eigenvalue weighted by molar-refractivity contribution is -0.117. The molecule has 0 saturated carbocycles. The van der Waals surface area contributed by atoms with Crippen molar-refractivity contribution < 1.29 is 9.59 Å². The molecule has 0 aromatic heterocycles. The summed E-state index contributed by atoms with van der Waals surface area (Å²) in [6, 6.07) is 7.06. The Kier molecular flexibility index (Phi) is 4.00. The van der Waals surface area contributed by atoms with Gasteiger partial charge in [0, 0.05) is 12.0 Å². The summed E-state index contributed by atoms with van der Waals surface area (Å²) in [5.74, 6) is -0.300. The second-order valence-electron chi connectivity index (χ2n) is 3.60. The third kappa shape index (κ3) is 3.05. The summed E-state index contributed by atoms with van der Waals surface area (Å²) in [7, 11) is 0. The van der Waals surface area contributed by atoms with Crippen LogP contribution in [0.3, 0.4) is 0 Å². The molecular weight excluding hydrogens is 202 g/mol. The van der Waals surface area contributed by atoms with E-state index in [2.05, 4.69) is 6.58 Å². The molecule has 0 aliphatic heterocycles. The summed E-state index contributed by atoms with van der Waals surface area (Å²) in [6.45, 7) is 5.60. The first-order valence-corrected chi connectivity index (χ1v) is 5.14. The van der Waals surface area contributed by atoms with Gasteiger partial charge in [-0.2, -0.15) is 0 Å². The predicted octanol–water partition coefficient (Wildman–Crippen LogP) is 2.17. The highest BCUT2D eigenvalue weighted by Gasteiger charge is 2.05. The molecular formula is C13H15NO2. The molecule has 3 nitrogen and oxygen atoms in total. The number of benzene rings is 1. The Morgan fingerprint density at radius 3 is 2.12 bits per heavy atom. The van der Waals surface area contributed by atoms with E-state index < -0.39 is 5.91 Å². The van der Waals surface area contributed by atoms with Crippen molar-refractivity contribution in [1.82, 2.24) is 0 Å². The van der Waals surface area contributed by atoms with Crippen molar-refractivity contribution in [2.75, 3.05) is 0 Å². The number of hydrogen-bond donors (Lipinski definition) is 1. The average molecular weight is 217 g/mol. The van der Waals surface area contributed by atoms with Gasteiger partial charge in [0.25, 0.3) is 0 Å². The van der Waals surface area contributed by atoms with Gasteiger partial charge in [-0.1, -0.05) is 37.8 Å². The average Bonchev–Trinajstić information content (AvgIpc) is 2.27. The van der Waals surface area contributed by atoms with E-state index in [0.29, 0.717) is 17.6 Å². The highest BCUT2D eigenvalue weighted by atomic mass is 16.1. The van der Waals surface area contributed by atoms with E-state index in [1.54, 1.807) is 24.3 Å². The maximum absolute atomic E-state index is 11.4. The number of nitrogens with two attached hydrogens (primary N) is 1. The van der Waals surface area contributed by atoms with Crippen LogP contribution in [-0.4, -0.2) is 11.7 Å². The topological polar surface area (TPSA) is 60.2 Å². The molecule has 1 aromatic carbocycles. The van der Waals surface area contributed by atoms with Gasteiger partial charge in [0.1, 0.15) is 0 Å². The molecule has 0 heterocycles. The van der Waals surface area contributed by atoms with Crippen LogP contribution in [0.4, 0.5) is 0 Å². The first kappa shape index (κ1) is 12.2. The Balaban J connectivity index is 2.82. The molecule has 0 atom stereocenters. The lowest BCUT2D eigenvalue weighted by Gasteiger charge is -2.04. The molecule has 0 bridgehead atoms. The minimum atomic E-state index is -0.404. The lowest BCUT2D eigenvalue weighted by atomic mass is 10.0. The largest absolute Gasteiger partial charge is 0.369 e. The summed E-state index contributed by atoms with van der Waals surface area (Å²) >= 11 is 0. The van der Waals surface area contributed by atoms with Crippen LogP contribution in [0.15, 0.2) is 30.8 Å². The van der Waals surface area contributed by atoms with Crippen molar-refractivity contribution in [3.63, 3.8) is 0 Å². The number of primary amides is 1. The summed E-state index contributed by atoms with van der Waals surface area (Å²) in [4.78, 5) is 22.1. The minimum Gasteiger partial charge on any atom is -0.369 e. The van der Waals surface area contributed by atoms with Gasteiger partial charge >= 0.3 is 0 Å². The molecule has 3 heteroatoms. The molecule has 0 spiro atoms. The molecule has 2 N–H and O–H groups in total. The van der Waals surface area contributed by atoms with E-state index in [9.17, 15) is 9.59 Å². The second-order valence-corrected chi connectivity index (χ2v) is 3.60. The van der Waals surface area contributed by atoms with Crippen molar-refractivity contribution in [2.45, 2.75) is 19.8 Å². The van der Waals surface area contributed by atoms with E-state index in [0.717, 1.165) is 5.56 Å². The third-order valence-electron chi connectivity index (χ3n) is 2.32. The molecule has 1 amide bonds. The first-order valence-electron chi connectivity index (χ1n) is 5.14. The van der Waals surface area contributed by atoms with Crippen molar-refractivity contribution in [1.29, 1.82) is 0 Å². The van der Waals surface area contributed by atoms with Gasteiger partial charge in [0.05, 0.1) is 6.42 Å². The number of carbonyl (C=O) groups excluding carboxylic acids is 2. The van der Waals surface area contributed by atoms with Crippen molar-refractivity contribution in [3.8, 4) is 0 Å². The maximum Gasteiger partial charge on any atom is 0.221 e. The second kappa shape index (κ2) is 5.26. The molecule has 84 valence electrons. The van der Waals surface area contributed by atoms with E-state index >= 15 is 0 Å². The van der Waals surface area contributed by atoms with E-state index in [-0.39, 0.29) is 12.2 Å². The zero-order valence-corrected chi connectivity index (χ0v) is 9.32. The Labute approximate surface area is 95.0 Å². The van der Waals surface area contributed by atoms with Gasteiger partial charge in [-0.15, -0.1) is 0 Å². The number of Topliss-reactive ketones (excluding diaryl/α,β-unsaturated/α-hetero) is 1. The normalized spacial score (nSPS) is 9.81. The first-order chi connectivity index (χ1) is 7.54. The van der Waals surface area contributed by atoms with Crippen LogP contribution in [0.5, 0.6) is 0 Å². The van der Waals surface area contributed by atoms with Gasteiger partial charge in [-0.3, -0.25) is 9.59 Å². The zero-order valence-electron chi connectivity index (χ0n) is 9.32. The highest BCUT2D eigenvalue weighted by molar-refractivity contribution is 5.96. The van der Waals surface area contributed by atoms with Crippen molar-refractivity contribution in [2.24, 2.45) is 5.73 Å². The number of carbonyl (C=O) groups is 2. The van der Waals surface area contributed by atoms with Crippen LogP contribution in [0.25, 0.3) is 5.57 Å². The van der Waals surface area contributed by atoms with Crippen LogP contribution in [0, 0.1) is 0 Å². The molecule has 0 fully saturated rings. The molecule has 0 radical (unpaired) electrons. The lowest BCUT2D eigenvalue weighted by Crippen LogP contribution is -2.10. The van der Waals surface area contributed by atoms with Gasteiger partial charge in [-0.25, -0.2) is 0 Å². The summed E-state index contributed by atoms with van der Waals surface area (Å²) < 4.78 is 0. The van der Waals surface area contributed by atoms with Crippen LogP contribution < -0.4 is 5.73 Å². The molecule has 16 heavy (non-hydrogen) atoms. The van der Waals surface area contributed by atoms with Gasteiger partial charge in [-0.05, 0) is 11.1 Å². The Morgan fingerprint density at radius 1 is 1.19 bits per heavy atom. The summed E-state index contributed by atoms with van der Waals surface area (Å²) in [6.07, 6.45) is 0.628. The molecule has 0 aliphatic rings. The van der Waals surface area contributed by atoms with Crippen LogP contribution in [0.1, 0.15) is 35.7 Å². The highest BCUT2D eigenvalue weighted by Crippen LogP contribution is 2.16. The Hall–Kier alpha value is -1.90. The van der Waals surface area contributed by atoms with Crippen LogP contribution >= 0.6 is 0 Å². The van der Waals surface area contributed by atoms with Gasteiger partial charge in [0.15, 0.2) is 5.78 Å². The van der Waals surface area contributed by atoms with Gasteiger partial charge < -0.3 is 5.73 Å². The van der Waals surface area contributed by atoms with E-state index in [4.69, 9.17) is 5.73 Å². The molecule has 0 saturated heterocycles. The SMILES string of the molecule is C=C(CC(N)=O)c1ccc(C(=O)CC)cc1. The number of hydrogen-bond acceptors (Lipinski definition) is 2. The summed E-state index contributed by atoms with van der Waals surface area (Å²) in [5.41, 5.74) is 7.26. The number of amides is 1. The minimum absolute atomic E-state index is 0.104. The number of rotatable bonds is 5. The third-order valence-corrected chi connectivity index (χ3v) is 2.32. The zero-order chi connectivity index (χ0) is 12.1. The fraction of sp³-hybridized carbons (Fsp3) is 0.231. The van der Waals surface area contributed by atoms with Crippen molar-refractivity contribution in [3.05, 3.63) is 42.0 Å². The van der Waals surface area contributed by atoms with Crippen LogP contribution in [-0.2, 0) is 4.79 Å². The smallest absolute Gasteiger partial charge is 0.221 e. The maximum atomic E-state index is 11.4. The number of ketones is 1. The van der Waals surface area contributed by atoms with Crippen molar-refractivity contribution >= 4 is 17.3 Å². The molecule has 1 aromatic rings. The quantitative estimate of drug-likeness (QED) is 0.768. The fourth-order valence-electron chi connectivity index (χ4n) is 1.41.